The highest BCUT2D eigenvalue weighted by atomic mass is 32.2. The lowest BCUT2D eigenvalue weighted by Crippen LogP contribution is -2.59. The number of hydrogen-bond donors (Lipinski definition) is 0. The molecule has 11 aromatic rings. The van der Waals surface area contributed by atoms with E-state index in [-0.39, 0.29) is 20.1 Å². The maximum atomic E-state index is 7.69. The first kappa shape index (κ1) is 49.7. The van der Waals surface area contributed by atoms with Gasteiger partial charge in [0.2, 0.25) is 0 Å². The van der Waals surface area contributed by atoms with Crippen molar-refractivity contribution in [3.8, 4) is 67.9 Å². The van der Waals surface area contributed by atoms with Crippen molar-refractivity contribution in [2.75, 3.05) is 26.0 Å². The van der Waals surface area contributed by atoms with Gasteiger partial charge in [-0.3, -0.25) is 8.61 Å². The summed E-state index contributed by atoms with van der Waals surface area (Å²) < 4.78 is 32.1. The van der Waals surface area contributed by atoms with Crippen molar-refractivity contribution in [2.45, 2.75) is 41.5 Å². The van der Waals surface area contributed by atoms with E-state index in [2.05, 4.69) is 237 Å². The SMILES string of the molecule is CSN1c2cc(-c3c(C)cccc3C)cc3c2B(c2sc4c(c21)Oc1cc(-c2c(C)cccc2C)cc2c1B4c1ccccc1O2)c1sc2c(c1N3SC)N(c1ccccc1)c1cc(-c3c(C)cccc3C)cc3c1B2c1ccccc1O3. The third-order valence-corrected chi connectivity index (χ3v) is 22.3. The van der Waals surface area contributed by atoms with Crippen LogP contribution in [0.4, 0.5) is 39.8 Å². The molecule has 9 aromatic carbocycles. The van der Waals surface area contributed by atoms with E-state index in [1.165, 1.54) is 114 Å². The number of hydrogen-bond acceptors (Lipinski definition) is 10. The first-order chi connectivity index (χ1) is 40.6. The molecule has 6 nitrogen and oxygen atoms in total. The topological polar surface area (TPSA) is 37.4 Å². The van der Waals surface area contributed by atoms with Gasteiger partial charge in [-0.2, -0.15) is 22.7 Å². The molecule has 0 N–H and O–H groups in total. The van der Waals surface area contributed by atoms with Gasteiger partial charge >= 0.3 is 0 Å². The number of rotatable bonds is 6. The number of thiophene rings is 2. The van der Waals surface area contributed by atoms with Crippen LogP contribution in [-0.4, -0.2) is 32.6 Å². The minimum Gasteiger partial charge on any atom is -0.458 e. The average molecular weight is 1140 g/mol. The first-order valence-corrected chi connectivity index (χ1v) is 32.4. The van der Waals surface area contributed by atoms with Gasteiger partial charge in [-0.05, 0) is 215 Å². The molecule has 17 rings (SSSR count). The molecule has 8 heterocycles. The van der Waals surface area contributed by atoms with E-state index in [0.29, 0.717) is 0 Å². The van der Waals surface area contributed by atoms with Gasteiger partial charge in [0, 0.05) is 48.5 Å². The molecular formula is C70H52B3N3O3S4. The van der Waals surface area contributed by atoms with E-state index in [1.807, 2.05) is 22.7 Å². The van der Waals surface area contributed by atoms with Gasteiger partial charge < -0.3 is 19.1 Å². The Labute approximate surface area is 502 Å². The summed E-state index contributed by atoms with van der Waals surface area (Å²) in [5.74, 6) is 5.32. The summed E-state index contributed by atoms with van der Waals surface area (Å²) in [5.41, 5.74) is 28.7. The van der Waals surface area contributed by atoms with Gasteiger partial charge in [0.15, 0.2) is 5.75 Å². The molecule has 6 aliphatic rings. The number of ether oxygens (including phenoxy) is 3. The van der Waals surface area contributed by atoms with Crippen LogP contribution in [0.1, 0.15) is 33.4 Å². The van der Waals surface area contributed by atoms with Gasteiger partial charge in [-0.15, -0.1) is 0 Å². The quantitative estimate of drug-likeness (QED) is 0.120. The number of para-hydroxylation sites is 3. The van der Waals surface area contributed by atoms with E-state index >= 15 is 0 Å². The van der Waals surface area contributed by atoms with Crippen molar-refractivity contribution >= 4 is 153 Å². The molecule has 0 amide bonds. The fraction of sp³-hybridized carbons (Fsp3) is 0.114. The Hall–Kier alpha value is -7.93. The van der Waals surface area contributed by atoms with Gasteiger partial charge in [-0.1, -0.05) is 109 Å². The second-order valence-corrected chi connectivity index (χ2v) is 26.5. The lowest BCUT2D eigenvalue weighted by molar-refractivity contribution is 0.466. The molecule has 398 valence electrons. The molecule has 0 atom stereocenters. The van der Waals surface area contributed by atoms with Crippen LogP contribution in [0.25, 0.3) is 33.4 Å². The maximum absolute atomic E-state index is 7.69. The molecule has 13 heteroatoms. The minimum atomic E-state index is -0.137. The average Bonchev–Trinajstić information content (AvgIpc) is 1.64. The van der Waals surface area contributed by atoms with E-state index in [4.69, 9.17) is 14.2 Å². The van der Waals surface area contributed by atoms with Gasteiger partial charge in [0.1, 0.15) is 34.4 Å². The second kappa shape index (κ2) is 18.3. The molecular weight excluding hydrogens is 1090 g/mol. The molecule has 0 saturated heterocycles. The Bertz CT molecular complexity index is 4610. The Morgan fingerprint density at radius 2 is 0.783 bits per heavy atom. The molecule has 0 radical (unpaired) electrons. The molecule has 2 aromatic heterocycles. The molecule has 0 aliphatic carbocycles. The van der Waals surface area contributed by atoms with Crippen LogP contribution in [0.15, 0.2) is 170 Å². The summed E-state index contributed by atoms with van der Waals surface area (Å²) in [5, 5.41) is 0. The largest absolute Gasteiger partial charge is 0.458 e. The van der Waals surface area contributed by atoms with Crippen LogP contribution >= 0.6 is 46.6 Å². The Balaban J connectivity index is 0.979. The minimum absolute atomic E-state index is 0.0950. The standard InChI is InChI=1S/C70H52B3N3O3S4/c1-37-19-16-20-38(2)57(37)43-32-50-60-51(33-43)76(81-8)65-66-70(72-48-28-13-15-30-53(48)78-55-35-45(36-56(79-66)62(55)72)59-41(5)23-18-24-42(59)6)83-69(65)73(60)68-64(75(50)80-7)63-67(82-68)71-47-27-12-14-29-52(47)77-54-34-44(58-39(3)21-17-22-40(58)4)31-49(61(54)71)74(63)46-25-10-9-11-26-46/h9-36H,1-8H3. The van der Waals surface area contributed by atoms with E-state index in [9.17, 15) is 0 Å². The lowest BCUT2D eigenvalue weighted by atomic mass is 9.36. The Morgan fingerprint density at radius 1 is 0.361 bits per heavy atom. The third-order valence-electron chi connectivity index (χ3n) is 18.2. The molecule has 0 spiro atoms. The fourth-order valence-electron chi connectivity index (χ4n) is 14.9. The maximum Gasteiger partial charge on any atom is 0.277 e. The molecule has 0 fully saturated rings. The zero-order chi connectivity index (χ0) is 55.8. The third kappa shape index (κ3) is 6.90. The predicted molar refractivity (Wildman–Crippen MR) is 359 cm³/mol. The van der Waals surface area contributed by atoms with Crippen LogP contribution in [0.5, 0.6) is 34.5 Å². The summed E-state index contributed by atoms with van der Waals surface area (Å²) >= 11 is 7.50. The summed E-state index contributed by atoms with van der Waals surface area (Å²) in [6.45, 7) is 13.0. The predicted octanol–water partition coefficient (Wildman–Crippen LogP) is 13.8. The van der Waals surface area contributed by atoms with E-state index in [0.717, 1.165) is 73.6 Å². The Morgan fingerprint density at radius 3 is 1.34 bits per heavy atom. The van der Waals surface area contributed by atoms with Gasteiger partial charge in [0.25, 0.3) is 20.1 Å². The zero-order valence-corrected chi connectivity index (χ0v) is 50.4. The molecule has 83 heavy (non-hydrogen) atoms. The highest BCUT2D eigenvalue weighted by molar-refractivity contribution is 8.00. The van der Waals surface area contributed by atoms with Gasteiger partial charge in [0.05, 0.1) is 22.7 Å². The molecule has 0 bridgehead atoms. The molecule has 0 unspecified atom stereocenters. The highest BCUT2D eigenvalue weighted by Crippen LogP contribution is 2.55. The van der Waals surface area contributed by atoms with Crippen LogP contribution in [-0.2, 0) is 0 Å². The molecule has 6 aliphatic heterocycles. The number of fused-ring (bicyclic) bond motifs is 14. The highest BCUT2D eigenvalue weighted by Gasteiger charge is 2.55. The van der Waals surface area contributed by atoms with E-state index < -0.39 is 0 Å². The number of nitrogens with zero attached hydrogens (tertiary/aromatic N) is 3. The normalized spacial score (nSPS) is 14.0. The first-order valence-electron chi connectivity index (χ1n) is 28.4. The van der Waals surface area contributed by atoms with Gasteiger partial charge in [-0.25, -0.2) is 0 Å². The van der Waals surface area contributed by atoms with Crippen LogP contribution in [0, 0.1) is 41.5 Å². The summed E-state index contributed by atoms with van der Waals surface area (Å²) in [7, 11) is 0. The van der Waals surface area contributed by atoms with Crippen molar-refractivity contribution in [1.29, 1.82) is 0 Å². The van der Waals surface area contributed by atoms with Crippen molar-refractivity contribution in [3.05, 3.63) is 203 Å². The fourth-order valence-corrected chi connectivity index (χ4v) is 19.5. The van der Waals surface area contributed by atoms with Crippen LogP contribution < -0.4 is 74.1 Å². The van der Waals surface area contributed by atoms with Crippen LogP contribution in [0.2, 0.25) is 0 Å². The number of anilines is 7. The smallest absolute Gasteiger partial charge is 0.277 e. The summed E-state index contributed by atoms with van der Waals surface area (Å²) in [4.78, 5) is 2.59. The lowest BCUT2D eigenvalue weighted by Gasteiger charge is -2.43. The monoisotopic (exact) mass is 1140 g/mol. The number of aryl methyl sites for hydroxylation is 6. The van der Waals surface area contributed by atoms with Crippen molar-refractivity contribution in [2.24, 2.45) is 0 Å². The summed E-state index contributed by atoms with van der Waals surface area (Å²) in [6.07, 6.45) is 4.50. The molecule has 0 saturated carbocycles. The van der Waals surface area contributed by atoms with Crippen molar-refractivity contribution in [3.63, 3.8) is 0 Å². The second-order valence-electron chi connectivity index (χ2n) is 22.9. The summed E-state index contributed by atoms with van der Waals surface area (Å²) in [6, 6.07) is 62.7. The van der Waals surface area contributed by atoms with Crippen LogP contribution in [0.3, 0.4) is 0 Å². The van der Waals surface area contributed by atoms with Crippen molar-refractivity contribution in [1.82, 2.24) is 0 Å². The number of benzene rings is 9. The van der Waals surface area contributed by atoms with Crippen molar-refractivity contribution < 1.29 is 14.2 Å². The zero-order valence-electron chi connectivity index (χ0n) is 47.1. The Kier molecular flexibility index (Phi) is 10.9. The van der Waals surface area contributed by atoms with E-state index in [1.54, 1.807) is 23.9 Å².